The van der Waals surface area contributed by atoms with E-state index in [1.807, 2.05) is 55.5 Å². The number of fused-ring (bicyclic) bond motifs is 1. The Balaban J connectivity index is 1.62. The molecule has 0 saturated heterocycles. The molecule has 1 amide bonds. The number of aromatic nitrogens is 2. The number of amides is 1. The summed E-state index contributed by atoms with van der Waals surface area (Å²) >= 11 is 1.35. The molecule has 0 aliphatic heterocycles. The molecule has 0 unspecified atom stereocenters. The van der Waals surface area contributed by atoms with E-state index in [0.717, 1.165) is 18.4 Å². The Hall–Kier alpha value is -2.60. The van der Waals surface area contributed by atoms with Crippen LogP contribution in [0, 0.1) is 0 Å². The van der Waals surface area contributed by atoms with Crippen molar-refractivity contribution in [2.24, 2.45) is 0 Å². The molecule has 1 heterocycles. The number of nitrogens with zero attached hydrogens (tertiary/aromatic N) is 2. The monoisotopic (exact) mass is 421 g/mol. The van der Waals surface area contributed by atoms with Gasteiger partial charge in [0.1, 0.15) is 0 Å². The van der Waals surface area contributed by atoms with E-state index >= 15 is 0 Å². The largest absolute Gasteiger partial charge is 0.352 e. The summed E-state index contributed by atoms with van der Waals surface area (Å²) in [5.74, 6) is 0.0144. The van der Waals surface area contributed by atoms with Crippen LogP contribution in [0.4, 0.5) is 0 Å². The summed E-state index contributed by atoms with van der Waals surface area (Å²) < 4.78 is 1.69. The van der Waals surface area contributed by atoms with Crippen LogP contribution in [-0.4, -0.2) is 26.8 Å². The summed E-state index contributed by atoms with van der Waals surface area (Å²) in [6.45, 7) is 2.31. The quantitative estimate of drug-likeness (QED) is 0.474. The number of benzene rings is 2. The van der Waals surface area contributed by atoms with E-state index < -0.39 is 0 Å². The fourth-order valence-corrected chi connectivity index (χ4v) is 4.84. The SMILES string of the molecule is C[C@@H](Sc1nc2ccccc2c(=O)n1Cc1ccccc1)C(=O)NC1CCCCC1. The molecule has 0 bridgehead atoms. The first-order valence-electron chi connectivity index (χ1n) is 10.6. The standard InChI is InChI=1S/C24H27N3O2S/c1-17(22(28)25-19-12-6-3-7-13-19)30-24-26-21-15-9-8-14-20(21)23(29)27(24)16-18-10-4-2-5-11-18/h2,4-5,8-11,14-15,17,19H,3,6-7,12-13,16H2,1H3,(H,25,28)/t17-/m1/s1. The molecule has 4 rings (SSSR count). The van der Waals surface area contributed by atoms with Crippen molar-refractivity contribution in [1.29, 1.82) is 0 Å². The molecule has 1 atom stereocenters. The molecule has 1 fully saturated rings. The minimum absolute atomic E-state index is 0.0144. The van der Waals surface area contributed by atoms with Gasteiger partial charge >= 0.3 is 0 Å². The van der Waals surface area contributed by atoms with Gasteiger partial charge in [-0.25, -0.2) is 4.98 Å². The Morgan fingerprint density at radius 1 is 1.10 bits per heavy atom. The summed E-state index contributed by atoms with van der Waals surface area (Å²) in [4.78, 5) is 30.8. The Labute approximate surface area is 180 Å². The first kappa shape index (κ1) is 20.7. The molecule has 1 saturated carbocycles. The number of carbonyl (C=O) groups excluding carboxylic acids is 1. The number of hydrogen-bond acceptors (Lipinski definition) is 4. The summed E-state index contributed by atoms with van der Waals surface area (Å²) in [5.41, 5.74) is 1.61. The van der Waals surface area contributed by atoms with E-state index in [0.29, 0.717) is 22.6 Å². The summed E-state index contributed by atoms with van der Waals surface area (Å²) in [5, 5.41) is 4.03. The smallest absolute Gasteiger partial charge is 0.262 e. The molecule has 1 N–H and O–H groups in total. The predicted octanol–water partition coefficient (Wildman–Crippen LogP) is 4.37. The van der Waals surface area contributed by atoms with E-state index in [2.05, 4.69) is 5.32 Å². The zero-order valence-electron chi connectivity index (χ0n) is 17.2. The highest BCUT2D eigenvalue weighted by Crippen LogP contribution is 2.24. The minimum Gasteiger partial charge on any atom is -0.352 e. The van der Waals surface area contributed by atoms with Gasteiger partial charge in [-0.05, 0) is 37.5 Å². The normalized spacial score (nSPS) is 15.8. The van der Waals surface area contributed by atoms with Gasteiger partial charge in [-0.2, -0.15) is 0 Å². The molecule has 0 radical (unpaired) electrons. The van der Waals surface area contributed by atoms with E-state index in [-0.39, 0.29) is 22.8 Å². The average molecular weight is 422 g/mol. The fourth-order valence-electron chi connectivity index (χ4n) is 3.92. The summed E-state index contributed by atoms with van der Waals surface area (Å²) in [6.07, 6.45) is 5.71. The van der Waals surface area contributed by atoms with Gasteiger partial charge in [0, 0.05) is 6.04 Å². The lowest BCUT2D eigenvalue weighted by molar-refractivity contribution is -0.121. The second-order valence-electron chi connectivity index (χ2n) is 7.89. The van der Waals surface area contributed by atoms with Crippen LogP contribution < -0.4 is 10.9 Å². The second-order valence-corrected chi connectivity index (χ2v) is 9.20. The van der Waals surface area contributed by atoms with E-state index in [9.17, 15) is 9.59 Å². The van der Waals surface area contributed by atoms with Gasteiger partial charge in [-0.1, -0.05) is 73.5 Å². The van der Waals surface area contributed by atoms with Crippen molar-refractivity contribution in [3.8, 4) is 0 Å². The molecule has 1 aliphatic rings. The van der Waals surface area contributed by atoms with Crippen LogP contribution in [-0.2, 0) is 11.3 Å². The van der Waals surface area contributed by atoms with Crippen molar-refractivity contribution in [1.82, 2.24) is 14.9 Å². The van der Waals surface area contributed by atoms with Crippen LogP contribution in [0.25, 0.3) is 10.9 Å². The zero-order chi connectivity index (χ0) is 20.9. The van der Waals surface area contributed by atoms with Crippen molar-refractivity contribution in [2.75, 3.05) is 0 Å². The lowest BCUT2D eigenvalue weighted by Gasteiger charge is -2.24. The third kappa shape index (κ3) is 4.75. The highest BCUT2D eigenvalue weighted by Gasteiger charge is 2.23. The second kappa shape index (κ2) is 9.47. The molecule has 156 valence electrons. The van der Waals surface area contributed by atoms with Gasteiger partial charge in [0.15, 0.2) is 5.16 Å². The van der Waals surface area contributed by atoms with Gasteiger partial charge in [-0.3, -0.25) is 14.2 Å². The number of para-hydroxylation sites is 1. The van der Waals surface area contributed by atoms with Crippen molar-refractivity contribution < 1.29 is 4.79 Å². The molecule has 6 heteroatoms. The van der Waals surface area contributed by atoms with Crippen molar-refractivity contribution in [3.63, 3.8) is 0 Å². The Morgan fingerprint density at radius 3 is 2.57 bits per heavy atom. The highest BCUT2D eigenvalue weighted by molar-refractivity contribution is 8.00. The lowest BCUT2D eigenvalue weighted by atomic mass is 9.95. The highest BCUT2D eigenvalue weighted by atomic mass is 32.2. The van der Waals surface area contributed by atoms with E-state index in [1.165, 1.54) is 31.0 Å². The van der Waals surface area contributed by atoms with Crippen LogP contribution in [0.3, 0.4) is 0 Å². The molecule has 3 aromatic rings. The van der Waals surface area contributed by atoms with E-state index in [4.69, 9.17) is 4.98 Å². The maximum Gasteiger partial charge on any atom is 0.262 e. The first-order valence-corrected chi connectivity index (χ1v) is 11.5. The summed E-state index contributed by atoms with van der Waals surface area (Å²) in [7, 11) is 0. The molecule has 5 nitrogen and oxygen atoms in total. The number of nitrogens with one attached hydrogen (secondary N) is 1. The first-order chi connectivity index (χ1) is 14.6. The molecule has 2 aromatic carbocycles. The lowest BCUT2D eigenvalue weighted by Crippen LogP contribution is -2.40. The third-order valence-electron chi connectivity index (χ3n) is 5.61. The van der Waals surface area contributed by atoms with Crippen molar-refractivity contribution >= 4 is 28.6 Å². The van der Waals surface area contributed by atoms with Gasteiger partial charge < -0.3 is 5.32 Å². The molecular weight excluding hydrogens is 394 g/mol. The maximum absolute atomic E-state index is 13.2. The van der Waals surface area contributed by atoms with Crippen LogP contribution in [0.15, 0.2) is 64.5 Å². The van der Waals surface area contributed by atoms with Crippen molar-refractivity contribution in [3.05, 3.63) is 70.5 Å². The maximum atomic E-state index is 13.2. The molecule has 1 aliphatic carbocycles. The zero-order valence-corrected chi connectivity index (χ0v) is 18.0. The predicted molar refractivity (Wildman–Crippen MR) is 122 cm³/mol. The minimum atomic E-state index is -0.331. The van der Waals surface area contributed by atoms with E-state index in [1.54, 1.807) is 10.6 Å². The number of hydrogen-bond donors (Lipinski definition) is 1. The van der Waals surface area contributed by atoms with Crippen LogP contribution in [0.1, 0.15) is 44.6 Å². The van der Waals surface area contributed by atoms with Crippen LogP contribution >= 0.6 is 11.8 Å². The molecule has 0 spiro atoms. The Kier molecular flexibility index (Phi) is 6.53. The number of rotatable bonds is 6. The Bertz CT molecular complexity index is 1070. The topological polar surface area (TPSA) is 64.0 Å². The van der Waals surface area contributed by atoms with Gasteiger partial charge in [0.25, 0.3) is 5.56 Å². The van der Waals surface area contributed by atoms with Gasteiger partial charge in [-0.15, -0.1) is 0 Å². The van der Waals surface area contributed by atoms with Gasteiger partial charge in [0.2, 0.25) is 5.91 Å². The fraction of sp³-hybridized carbons (Fsp3) is 0.375. The summed E-state index contributed by atoms with van der Waals surface area (Å²) in [6, 6.07) is 17.5. The number of carbonyl (C=O) groups is 1. The van der Waals surface area contributed by atoms with Crippen LogP contribution in [0.2, 0.25) is 0 Å². The molecule has 30 heavy (non-hydrogen) atoms. The van der Waals surface area contributed by atoms with Crippen LogP contribution in [0.5, 0.6) is 0 Å². The van der Waals surface area contributed by atoms with Gasteiger partial charge in [0.05, 0.1) is 22.7 Å². The third-order valence-corrected chi connectivity index (χ3v) is 6.70. The van der Waals surface area contributed by atoms with Crippen molar-refractivity contribution in [2.45, 2.75) is 62.0 Å². The molecular formula is C24H27N3O2S. The molecule has 1 aromatic heterocycles. The number of thioether (sulfide) groups is 1. The Morgan fingerprint density at radius 2 is 1.80 bits per heavy atom. The average Bonchev–Trinajstić information content (AvgIpc) is 2.78.